The molecule has 0 radical (unpaired) electrons. The van der Waals surface area contributed by atoms with E-state index in [0.717, 1.165) is 38.8 Å². The third kappa shape index (κ3) is 3.40. The molecule has 2 heterocycles. The lowest BCUT2D eigenvalue weighted by Crippen LogP contribution is -2.38. The molecule has 0 aromatic heterocycles. The second kappa shape index (κ2) is 6.70. The van der Waals surface area contributed by atoms with Crippen molar-refractivity contribution in [3.63, 3.8) is 0 Å². The standard InChI is InChI=1S/C17H26N2O/c1-19(11-14-5-4-8-20-13-14)12-16-10-18-9-15-6-2-3-7-17(15)16/h2-3,6-7,14,16,18H,4-5,8-13H2,1H3. The van der Waals surface area contributed by atoms with Gasteiger partial charge in [0.15, 0.2) is 0 Å². The van der Waals surface area contributed by atoms with Gasteiger partial charge in [-0.2, -0.15) is 0 Å². The average molecular weight is 274 g/mol. The molecule has 3 nitrogen and oxygen atoms in total. The first kappa shape index (κ1) is 14.1. The van der Waals surface area contributed by atoms with Crippen molar-refractivity contribution in [1.82, 2.24) is 10.2 Å². The summed E-state index contributed by atoms with van der Waals surface area (Å²) in [6.07, 6.45) is 2.55. The van der Waals surface area contributed by atoms with E-state index >= 15 is 0 Å². The Morgan fingerprint density at radius 2 is 2.20 bits per heavy atom. The van der Waals surface area contributed by atoms with Crippen molar-refractivity contribution in [2.75, 3.05) is 39.9 Å². The zero-order valence-electron chi connectivity index (χ0n) is 12.5. The van der Waals surface area contributed by atoms with Crippen molar-refractivity contribution >= 4 is 0 Å². The van der Waals surface area contributed by atoms with Gasteiger partial charge in [-0.25, -0.2) is 0 Å². The maximum Gasteiger partial charge on any atom is 0.0506 e. The monoisotopic (exact) mass is 274 g/mol. The van der Waals surface area contributed by atoms with Crippen molar-refractivity contribution < 1.29 is 4.74 Å². The first-order chi connectivity index (χ1) is 9.83. The second-order valence-corrected chi connectivity index (χ2v) is 6.33. The molecular weight excluding hydrogens is 248 g/mol. The average Bonchev–Trinajstić information content (AvgIpc) is 2.48. The van der Waals surface area contributed by atoms with Crippen molar-refractivity contribution in [1.29, 1.82) is 0 Å². The lowest BCUT2D eigenvalue weighted by Gasteiger charge is -2.32. The highest BCUT2D eigenvalue weighted by atomic mass is 16.5. The summed E-state index contributed by atoms with van der Waals surface area (Å²) in [5, 5.41) is 3.55. The first-order valence-corrected chi connectivity index (χ1v) is 7.87. The fraction of sp³-hybridized carbons (Fsp3) is 0.647. The second-order valence-electron chi connectivity index (χ2n) is 6.33. The summed E-state index contributed by atoms with van der Waals surface area (Å²) in [5.41, 5.74) is 3.01. The molecule has 3 heteroatoms. The highest BCUT2D eigenvalue weighted by Crippen LogP contribution is 2.25. The number of ether oxygens (including phenoxy) is 1. The summed E-state index contributed by atoms with van der Waals surface area (Å²) in [5.74, 6) is 1.34. The van der Waals surface area contributed by atoms with Crippen LogP contribution in [0.5, 0.6) is 0 Å². The van der Waals surface area contributed by atoms with Gasteiger partial charge in [0, 0.05) is 38.7 Å². The fourth-order valence-corrected chi connectivity index (χ4v) is 3.59. The molecule has 0 aliphatic carbocycles. The number of likely N-dealkylation sites (N-methyl/N-ethyl adjacent to an activating group) is 1. The molecule has 1 aromatic carbocycles. The van der Waals surface area contributed by atoms with Gasteiger partial charge in [-0.3, -0.25) is 0 Å². The van der Waals surface area contributed by atoms with Crippen molar-refractivity contribution in [2.24, 2.45) is 5.92 Å². The molecule has 2 aliphatic heterocycles. The number of benzene rings is 1. The van der Waals surface area contributed by atoms with Crippen LogP contribution >= 0.6 is 0 Å². The summed E-state index contributed by atoms with van der Waals surface area (Å²) in [7, 11) is 2.26. The van der Waals surface area contributed by atoms with Crippen LogP contribution < -0.4 is 5.32 Å². The van der Waals surface area contributed by atoms with E-state index in [1.54, 1.807) is 0 Å². The largest absolute Gasteiger partial charge is 0.381 e. The maximum absolute atomic E-state index is 5.59. The number of rotatable bonds is 4. The SMILES string of the molecule is CN(CC1CCCOC1)CC1CNCc2ccccc21. The molecule has 2 unspecified atom stereocenters. The Kier molecular flexibility index (Phi) is 4.71. The molecule has 1 saturated heterocycles. The van der Waals surface area contributed by atoms with Crippen LogP contribution in [0.15, 0.2) is 24.3 Å². The van der Waals surface area contributed by atoms with Gasteiger partial charge in [0.05, 0.1) is 6.61 Å². The Balaban J connectivity index is 1.57. The molecule has 1 aromatic rings. The van der Waals surface area contributed by atoms with Crippen molar-refractivity contribution in [3.05, 3.63) is 35.4 Å². The minimum Gasteiger partial charge on any atom is -0.381 e. The Hall–Kier alpha value is -0.900. The lowest BCUT2D eigenvalue weighted by atomic mass is 9.90. The molecule has 3 rings (SSSR count). The van der Waals surface area contributed by atoms with E-state index in [9.17, 15) is 0 Å². The van der Waals surface area contributed by atoms with Gasteiger partial charge in [-0.15, -0.1) is 0 Å². The molecule has 2 aliphatic rings. The van der Waals surface area contributed by atoms with Crippen LogP contribution in [0.25, 0.3) is 0 Å². The normalized spacial score (nSPS) is 26.5. The molecule has 0 bridgehead atoms. The van der Waals surface area contributed by atoms with E-state index < -0.39 is 0 Å². The highest BCUT2D eigenvalue weighted by Gasteiger charge is 2.22. The molecule has 1 N–H and O–H groups in total. The fourth-order valence-electron chi connectivity index (χ4n) is 3.59. The number of hydrogen-bond donors (Lipinski definition) is 1. The van der Waals surface area contributed by atoms with Crippen LogP contribution in [0.4, 0.5) is 0 Å². The van der Waals surface area contributed by atoms with E-state index in [4.69, 9.17) is 4.74 Å². The summed E-state index contributed by atoms with van der Waals surface area (Å²) in [4.78, 5) is 2.49. The lowest BCUT2D eigenvalue weighted by molar-refractivity contribution is 0.0412. The minimum atomic E-state index is 0.620. The van der Waals surface area contributed by atoms with Crippen LogP contribution in [-0.4, -0.2) is 44.8 Å². The predicted molar refractivity (Wildman–Crippen MR) is 81.9 cm³/mol. The van der Waals surface area contributed by atoms with Gasteiger partial charge in [0.25, 0.3) is 0 Å². The van der Waals surface area contributed by atoms with Crippen LogP contribution in [0.2, 0.25) is 0 Å². The molecule has 0 saturated carbocycles. The summed E-state index contributed by atoms with van der Waals surface area (Å²) in [6.45, 7) is 6.33. The molecule has 20 heavy (non-hydrogen) atoms. The Labute approximate surface area is 122 Å². The number of nitrogens with zero attached hydrogens (tertiary/aromatic N) is 1. The quantitative estimate of drug-likeness (QED) is 0.911. The Bertz CT molecular complexity index is 429. The molecule has 0 amide bonds. The minimum absolute atomic E-state index is 0.620. The summed E-state index contributed by atoms with van der Waals surface area (Å²) < 4.78 is 5.59. The van der Waals surface area contributed by atoms with Crippen molar-refractivity contribution in [2.45, 2.75) is 25.3 Å². The third-order valence-corrected chi connectivity index (χ3v) is 4.56. The van der Waals surface area contributed by atoms with E-state index in [-0.39, 0.29) is 0 Å². The number of hydrogen-bond acceptors (Lipinski definition) is 3. The molecule has 2 atom stereocenters. The van der Waals surface area contributed by atoms with Gasteiger partial charge in [0.2, 0.25) is 0 Å². The van der Waals surface area contributed by atoms with Crippen LogP contribution in [0.3, 0.4) is 0 Å². The van der Waals surface area contributed by atoms with Crippen LogP contribution in [0, 0.1) is 5.92 Å². The Morgan fingerprint density at radius 1 is 1.30 bits per heavy atom. The topological polar surface area (TPSA) is 24.5 Å². The summed E-state index contributed by atoms with van der Waals surface area (Å²) >= 11 is 0. The van der Waals surface area contributed by atoms with E-state index in [2.05, 4.69) is 41.5 Å². The molecule has 0 spiro atoms. The smallest absolute Gasteiger partial charge is 0.0506 e. The van der Waals surface area contributed by atoms with Gasteiger partial charge in [-0.1, -0.05) is 24.3 Å². The van der Waals surface area contributed by atoms with E-state index in [1.165, 1.54) is 30.5 Å². The first-order valence-electron chi connectivity index (χ1n) is 7.87. The molecular formula is C17H26N2O. The third-order valence-electron chi connectivity index (χ3n) is 4.56. The van der Waals surface area contributed by atoms with Gasteiger partial charge >= 0.3 is 0 Å². The number of nitrogens with one attached hydrogen (secondary N) is 1. The Morgan fingerprint density at radius 3 is 3.05 bits per heavy atom. The number of fused-ring (bicyclic) bond motifs is 1. The molecule has 1 fully saturated rings. The van der Waals surface area contributed by atoms with Gasteiger partial charge in [0.1, 0.15) is 0 Å². The van der Waals surface area contributed by atoms with Crippen molar-refractivity contribution in [3.8, 4) is 0 Å². The predicted octanol–water partition coefficient (Wildman–Crippen LogP) is 2.23. The van der Waals surface area contributed by atoms with Gasteiger partial charge < -0.3 is 15.0 Å². The highest BCUT2D eigenvalue weighted by molar-refractivity contribution is 5.32. The maximum atomic E-state index is 5.59. The van der Waals surface area contributed by atoms with Crippen LogP contribution in [-0.2, 0) is 11.3 Å². The summed E-state index contributed by atoms with van der Waals surface area (Å²) in [6, 6.07) is 8.87. The van der Waals surface area contributed by atoms with E-state index in [1.807, 2.05) is 0 Å². The van der Waals surface area contributed by atoms with E-state index in [0.29, 0.717) is 5.92 Å². The zero-order valence-corrected chi connectivity index (χ0v) is 12.5. The van der Waals surface area contributed by atoms with Crippen LogP contribution in [0.1, 0.15) is 29.9 Å². The van der Waals surface area contributed by atoms with Gasteiger partial charge in [-0.05, 0) is 36.9 Å². The zero-order chi connectivity index (χ0) is 13.8. The molecule has 110 valence electrons.